The van der Waals surface area contributed by atoms with Gasteiger partial charge in [0, 0.05) is 50.5 Å². The summed E-state index contributed by atoms with van der Waals surface area (Å²) in [7, 11) is -3.56. The van der Waals surface area contributed by atoms with Gasteiger partial charge in [-0.15, -0.1) is 0 Å². The van der Waals surface area contributed by atoms with Gasteiger partial charge in [-0.2, -0.15) is 4.31 Å². The molecule has 0 spiro atoms. The third-order valence-corrected chi connectivity index (χ3v) is 6.67. The van der Waals surface area contributed by atoms with Gasteiger partial charge in [0.2, 0.25) is 10.0 Å². The molecule has 0 amide bonds. The van der Waals surface area contributed by atoms with Crippen molar-refractivity contribution in [1.29, 1.82) is 0 Å². The smallest absolute Gasteiger partial charge is 0.244 e. The van der Waals surface area contributed by atoms with Gasteiger partial charge in [0.25, 0.3) is 0 Å². The fourth-order valence-corrected chi connectivity index (χ4v) is 4.43. The first-order valence-electron chi connectivity index (χ1n) is 6.94. The van der Waals surface area contributed by atoms with Crippen LogP contribution in [0.5, 0.6) is 0 Å². The Kier molecular flexibility index (Phi) is 4.86. The minimum atomic E-state index is -3.56. The van der Waals surface area contributed by atoms with Gasteiger partial charge in [-0.25, -0.2) is 13.4 Å². The Balaban J connectivity index is 1.75. The first-order valence-corrected chi connectivity index (χ1v) is 9.56. The summed E-state index contributed by atoms with van der Waals surface area (Å²) in [5, 5.41) is 0.242. The van der Waals surface area contributed by atoms with E-state index in [1.54, 1.807) is 12.4 Å². The number of halogens is 2. The van der Waals surface area contributed by atoms with Crippen LogP contribution in [0.1, 0.15) is 0 Å². The summed E-state index contributed by atoms with van der Waals surface area (Å²) in [6.45, 7) is 2.10. The summed E-state index contributed by atoms with van der Waals surface area (Å²) in [4.78, 5) is 10.2. The Labute approximate surface area is 148 Å². The molecule has 9 heteroatoms. The van der Waals surface area contributed by atoms with Gasteiger partial charge in [0.1, 0.15) is 10.0 Å². The molecule has 1 aliphatic rings. The summed E-state index contributed by atoms with van der Waals surface area (Å²) >= 11 is 9.04. The van der Waals surface area contributed by atoms with Crippen molar-refractivity contribution < 1.29 is 8.42 Å². The summed E-state index contributed by atoms with van der Waals surface area (Å²) < 4.78 is 27.3. The number of piperazine rings is 1. The van der Waals surface area contributed by atoms with E-state index in [9.17, 15) is 8.42 Å². The van der Waals surface area contributed by atoms with E-state index in [1.807, 2.05) is 12.1 Å². The Hall–Kier alpha value is -1.22. The predicted octanol–water partition coefficient (Wildman–Crippen LogP) is 2.40. The van der Waals surface area contributed by atoms with Crippen molar-refractivity contribution in [2.24, 2.45) is 0 Å². The lowest BCUT2D eigenvalue weighted by Gasteiger charge is -2.35. The van der Waals surface area contributed by atoms with Gasteiger partial charge in [0.05, 0.1) is 4.47 Å². The van der Waals surface area contributed by atoms with Crippen LogP contribution in [0.3, 0.4) is 0 Å². The number of anilines is 1. The monoisotopic (exact) mass is 416 g/mol. The quantitative estimate of drug-likeness (QED) is 0.718. The highest BCUT2D eigenvalue weighted by atomic mass is 79.9. The lowest BCUT2D eigenvalue weighted by molar-refractivity contribution is 0.384. The number of sulfonamides is 1. The molecular weight excluding hydrogens is 404 g/mol. The van der Waals surface area contributed by atoms with Gasteiger partial charge >= 0.3 is 0 Å². The number of pyridine rings is 2. The largest absolute Gasteiger partial charge is 0.369 e. The summed E-state index contributed by atoms with van der Waals surface area (Å²) in [6, 6.07) is 5.33. The van der Waals surface area contributed by atoms with E-state index in [1.165, 1.54) is 16.6 Å². The fourth-order valence-electron chi connectivity index (χ4n) is 2.44. The SMILES string of the molecule is O=S(=O)(c1cnc(Cl)c(Br)c1)N1CCN(c2ccncc2)CC1. The molecular formula is C14H14BrClN4O2S. The number of rotatable bonds is 3. The number of hydrogen-bond acceptors (Lipinski definition) is 5. The zero-order valence-electron chi connectivity index (χ0n) is 12.1. The molecule has 3 heterocycles. The zero-order chi connectivity index (χ0) is 16.4. The minimum absolute atomic E-state index is 0.145. The maximum atomic E-state index is 12.7. The average Bonchev–Trinajstić information content (AvgIpc) is 2.58. The summed E-state index contributed by atoms with van der Waals surface area (Å²) in [5.74, 6) is 0. The van der Waals surface area contributed by atoms with E-state index < -0.39 is 10.0 Å². The normalized spacial score (nSPS) is 16.5. The van der Waals surface area contributed by atoms with Crippen molar-refractivity contribution >= 4 is 43.2 Å². The highest BCUT2D eigenvalue weighted by molar-refractivity contribution is 9.10. The zero-order valence-corrected chi connectivity index (χ0v) is 15.2. The van der Waals surface area contributed by atoms with Crippen LogP contribution in [0, 0.1) is 0 Å². The van der Waals surface area contributed by atoms with Gasteiger partial charge in [0.15, 0.2) is 0 Å². The molecule has 122 valence electrons. The molecule has 0 aromatic carbocycles. The van der Waals surface area contributed by atoms with Crippen molar-refractivity contribution in [2.75, 3.05) is 31.1 Å². The van der Waals surface area contributed by atoms with Crippen molar-refractivity contribution in [2.45, 2.75) is 4.90 Å². The second-order valence-electron chi connectivity index (χ2n) is 5.04. The Bertz CT molecular complexity index is 796. The van der Waals surface area contributed by atoms with Crippen LogP contribution >= 0.6 is 27.5 Å². The number of aromatic nitrogens is 2. The van der Waals surface area contributed by atoms with Crippen molar-refractivity contribution in [3.8, 4) is 0 Å². The topological polar surface area (TPSA) is 66.4 Å². The number of nitrogens with zero attached hydrogens (tertiary/aromatic N) is 4. The molecule has 0 bridgehead atoms. The molecule has 0 atom stereocenters. The molecule has 0 radical (unpaired) electrons. The van der Waals surface area contributed by atoms with E-state index in [0.717, 1.165) is 5.69 Å². The Morgan fingerprint density at radius 1 is 1.13 bits per heavy atom. The molecule has 1 fully saturated rings. The Morgan fingerprint density at radius 3 is 2.39 bits per heavy atom. The van der Waals surface area contributed by atoms with Crippen LogP contribution in [-0.2, 0) is 10.0 Å². The summed E-state index contributed by atoms with van der Waals surface area (Å²) in [6.07, 6.45) is 4.75. The molecule has 0 aliphatic carbocycles. The molecule has 23 heavy (non-hydrogen) atoms. The lowest BCUT2D eigenvalue weighted by atomic mass is 10.3. The van der Waals surface area contributed by atoms with Gasteiger partial charge in [-0.05, 0) is 34.1 Å². The molecule has 1 saturated heterocycles. The molecule has 0 N–H and O–H groups in total. The van der Waals surface area contributed by atoms with E-state index in [-0.39, 0.29) is 10.0 Å². The lowest BCUT2D eigenvalue weighted by Crippen LogP contribution is -2.48. The number of hydrogen-bond donors (Lipinski definition) is 0. The maximum absolute atomic E-state index is 12.7. The van der Waals surface area contributed by atoms with Crippen LogP contribution in [0.2, 0.25) is 5.15 Å². The van der Waals surface area contributed by atoms with Crippen LogP contribution < -0.4 is 4.90 Å². The fraction of sp³-hybridized carbons (Fsp3) is 0.286. The van der Waals surface area contributed by atoms with E-state index in [4.69, 9.17) is 11.6 Å². The van der Waals surface area contributed by atoms with Gasteiger partial charge in [-0.3, -0.25) is 4.98 Å². The third-order valence-electron chi connectivity index (χ3n) is 3.68. The Morgan fingerprint density at radius 2 is 1.78 bits per heavy atom. The van der Waals surface area contributed by atoms with Crippen molar-refractivity contribution in [3.05, 3.63) is 46.4 Å². The third kappa shape index (κ3) is 3.50. The van der Waals surface area contributed by atoms with E-state index >= 15 is 0 Å². The van der Waals surface area contributed by atoms with Crippen molar-refractivity contribution in [1.82, 2.24) is 14.3 Å². The van der Waals surface area contributed by atoms with Crippen molar-refractivity contribution in [3.63, 3.8) is 0 Å². The van der Waals surface area contributed by atoms with Crippen LogP contribution in [-0.4, -0.2) is 48.9 Å². The predicted molar refractivity (Wildman–Crippen MR) is 92.2 cm³/mol. The standard InChI is InChI=1S/C14H14BrClN4O2S/c15-13-9-12(10-18-14(13)16)23(21,22)20-7-5-19(6-8-20)11-1-3-17-4-2-11/h1-4,9-10H,5-8H2. The first kappa shape index (κ1) is 16.6. The summed E-state index contributed by atoms with van der Waals surface area (Å²) in [5.41, 5.74) is 1.05. The van der Waals surface area contributed by atoms with Gasteiger partial charge in [-0.1, -0.05) is 11.6 Å². The molecule has 0 unspecified atom stereocenters. The maximum Gasteiger partial charge on any atom is 0.244 e. The molecule has 2 aromatic heterocycles. The highest BCUT2D eigenvalue weighted by Crippen LogP contribution is 2.25. The molecule has 1 aliphatic heterocycles. The van der Waals surface area contributed by atoms with Crippen LogP contribution in [0.15, 0.2) is 46.2 Å². The van der Waals surface area contributed by atoms with E-state index in [2.05, 4.69) is 30.8 Å². The van der Waals surface area contributed by atoms with E-state index in [0.29, 0.717) is 30.7 Å². The minimum Gasteiger partial charge on any atom is -0.369 e. The van der Waals surface area contributed by atoms with Crippen LogP contribution in [0.25, 0.3) is 0 Å². The second kappa shape index (κ2) is 6.72. The second-order valence-corrected chi connectivity index (χ2v) is 8.19. The molecule has 2 aromatic rings. The van der Waals surface area contributed by atoms with Crippen LogP contribution in [0.4, 0.5) is 5.69 Å². The molecule has 3 rings (SSSR count). The molecule has 6 nitrogen and oxygen atoms in total. The first-order chi connectivity index (χ1) is 11.0. The van der Waals surface area contributed by atoms with Gasteiger partial charge < -0.3 is 4.90 Å². The average molecular weight is 418 g/mol. The highest BCUT2D eigenvalue weighted by Gasteiger charge is 2.29. The molecule has 0 saturated carbocycles.